The minimum Gasteiger partial charge on any atom is -0.293 e. The first-order valence-electron chi connectivity index (χ1n) is 4.16. The van der Waals surface area contributed by atoms with Crippen molar-refractivity contribution < 1.29 is 0 Å². The van der Waals surface area contributed by atoms with Crippen LogP contribution in [-0.4, -0.2) is 12.8 Å². The van der Waals surface area contributed by atoms with Crippen molar-refractivity contribution in [1.29, 1.82) is 0 Å². The molecule has 0 aromatic rings. The summed E-state index contributed by atoms with van der Waals surface area (Å²) in [5.74, 6) is 0. The molecular weight excluding hydrogens is 134 g/mol. The van der Waals surface area contributed by atoms with Crippen LogP contribution in [0.25, 0.3) is 0 Å². The lowest BCUT2D eigenvalue weighted by Crippen LogP contribution is -1.82. The summed E-state index contributed by atoms with van der Waals surface area (Å²) >= 11 is 0. The molecule has 0 fully saturated rings. The molecule has 0 N–H and O–H groups in total. The maximum absolute atomic E-state index is 4.17. The Morgan fingerprint density at radius 3 is 2.55 bits per heavy atom. The van der Waals surface area contributed by atoms with Crippen LogP contribution in [0.5, 0.6) is 0 Å². The van der Waals surface area contributed by atoms with Crippen molar-refractivity contribution in [1.82, 2.24) is 0 Å². The van der Waals surface area contributed by atoms with Gasteiger partial charge in [0.2, 0.25) is 0 Å². The third kappa shape index (κ3) is 5.59. The zero-order valence-corrected chi connectivity index (χ0v) is 7.67. The Labute approximate surface area is 69.5 Å². The van der Waals surface area contributed by atoms with E-state index < -0.39 is 0 Å². The van der Waals surface area contributed by atoms with Gasteiger partial charge in [0.25, 0.3) is 0 Å². The van der Waals surface area contributed by atoms with Gasteiger partial charge in [0.15, 0.2) is 0 Å². The molecule has 1 heteroatoms. The van der Waals surface area contributed by atoms with Crippen molar-refractivity contribution in [2.24, 2.45) is 4.99 Å². The molecule has 0 saturated carbocycles. The maximum atomic E-state index is 4.17. The minimum absolute atomic E-state index is 0.868. The van der Waals surface area contributed by atoms with Crippen molar-refractivity contribution in [3.05, 3.63) is 23.8 Å². The van der Waals surface area contributed by atoms with E-state index in [0.29, 0.717) is 0 Å². The summed E-state index contributed by atoms with van der Waals surface area (Å²) < 4.78 is 0. The monoisotopic (exact) mass is 151 g/mol. The highest BCUT2D eigenvalue weighted by atomic mass is 14.7. The molecule has 0 aliphatic carbocycles. The lowest BCUT2D eigenvalue weighted by Gasteiger charge is -1.91. The van der Waals surface area contributed by atoms with E-state index in [2.05, 4.69) is 18.0 Å². The average Bonchev–Trinajstić information content (AvgIpc) is 2.05. The topological polar surface area (TPSA) is 12.4 Å². The number of hydrogen-bond acceptors (Lipinski definition) is 1. The standard InChI is InChI=1S/C10H17N/c1-4-7-8-10(5-2)9-11-6-3/h4,7-9H,5-6H2,1-3H3/b7-4-,10-8+,11-9-. The minimum atomic E-state index is 0.868. The normalized spacial score (nSPS) is 13.5. The highest BCUT2D eigenvalue weighted by molar-refractivity contribution is 5.78. The van der Waals surface area contributed by atoms with Crippen molar-refractivity contribution in [2.75, 3.05) is 6.54 Å². The lowest BCUT2D eigenvalue weighted by atomic mass is 10.2. The van der Waals surface area contributed by atoms with E-state index in [1.54, 1.807) is 0 Å². The zero-order chi connectivity index (χ0) is 8.53. The lowest BCUT2D eigenvalue weighted by molar-refractivity contribution is 1.12. The molecule has 0 aromatic carbocycles. The number of allylic oxidation sites excluding steroid dienone is 4. The van der Waals surface area contributed by atoms with Crippen LogP contribution >= 0.6 is 0 Å². The molecule has 0 aliphatic rings. The second-order valence-corrected chi connectivity index (χ2v) is 2.25. The molecule has 0 saturated heterocycles. The molecule has 0 spiro atoms. The average molecular weight is 151 g/mol. The predicted octanol–water partition coefficient (Wildman–Crippen LogP) is 2.99. The highest BCUT2D eigenvalue weighted by Crippen LogP contribution is 1.96. The van der Waals surface area contributed by atoms with Gasteiger partial charge in [-0.2, -0.15) is 0 Å². The van der Waals surface area contributed by atoms with Crippen molar-refractivity contribution in [2.45, 2.75) is 27.2 Å². The largest absolute Gasteiger partial charge is 0.293 e. The zero-order valence-electron chi connectivity index (χ0n) is 7.67. The molecule has 0 unspecified atom stereocenters. The van der Waals surface area contributed by atoms with Crippen LogP contribution in [-0.2, 0) is 0 Å². The van der Waals surface area contributed by atoms with E-state index in [1.165, 1.54) is 5.57 Å². The number of rotatable bonds is 4. The second kappa shape index (κ2) is 7.26. The van der Waals surface area contributed by atoms with Crippen molar-refractivity contribution in [3.63, 3.8) is 0 Å². The summed E-state index contributed by atoms with van der Waals surface area (Å²) in [5.41, 5.74) is 1.28. The van der Waals surface area contributed by atoms with Gasteiger partial charge in [0.05, 0.1) is 0 Å². The third-order valence-corrected chi connectivity index (χ3v) is 1.35. The molecule has 1 nitrogen and oxygen atoms in total. The molecule has 0 rings (SSSR count). The van der Waals surface area contributed by atoms with Crippen LogP contribution in [0, 0.1) is 0 Å². The first kappa shape index (κ1) is 10.2. The molecule has 0 aromatic heterocycles. The summed E-state index contributed by atoms with van der Waals surface area (Å²) in [6, 6.07) is 0. The van der Waals surface area contributed by atoms with E-state index in [4.69, 9.17) is 0 Å². The Hall–Kier alpha value is -0.850. The van der Waals surface area contributed by atoms with Gasteiger partial charge < -0.3 is 0 Å². The summed E-state index contributed by atoms with van der Waals surface area (Å²) in [4.78, 5) is 4.17. The molecule has 0 atom stereocenters. The molecule has 0 amide bonds. The van der Waals surface area contributed by atoms with Crippen LogP contribution in [0.3, 0.4) is 0 Å². The van der Waals surface area contributed by atoms with Gasteiger partial charge in [-0.15, -0.1) is 0 Å². The second-order valence-electron chi connectivity index (χ2n) is 2.25. The van der Waals surface area contributed by atoms with Crippen molar-refractivity contribution in [3.8, 4) is 0 Å². The van der Waals surface area contributed by atoms with Crippen LogP contribution < -0.4 is 0 Å². The van der Waals surface area contributed by atoms with Crippen LogP contribution in [0.4, 0.5) is 0 Å². The molecule has 11 heavy (non-hydrogen) atoms. The number of hydrogen-bond donors (Lipinski definition) is 0. The van der Waals surface area contributed by atoms with Crippen LogP contribution in [0.1, 0.15) is 27.2 Å². The van der Waals surface area contributed by atoms with Gasteiger partial charge >= 0.3 is 0 Å². The molecule has 0 heterocycles. The predicted molar refractivity (Wildman–Crippen MR) is 52.2 cm³/mol. The van der Waals surface area contributed by atoms with Crippen LogP contribution in [0.2, 0.25) is 0 Å². The Bertz CT molecular complexity index is 164. The van der Waals surface area contributed by atoms with E-state index in [0.717, 1.165) is 13.0 Å². The molecular formula is C10H17N. The number of aliphatic imine (C=N–C) groups is 1. The Kier molecular flexibility index (Phi) is 6.70. The summed E-state index contributed by atoms with van der Waals surface area (Å²) in [7, 11) is 0. The van der Waals surface area contributed by atoms with Gasteiger partial charge in [-0.1, -0.05) is 25.2 Å². The van der Waals surface area contributed by atoms with Crippen molar-refractivity contribution >= 4 is 6.21 Å². The fourth-order valence-corrected chi connectivity index (χ4v) is 0.681. The quantitative estimate of drug-likeness (QED) is 0.432. The van der Waals surface area contributed by atoms with Gasteiger partial charge in [-0.3, -0.25) is 4.99 Å². The Morgan fingerprint density at radius 1 is 1.36 bits per heavy atom. The fraction of sp³-hybridized carbons (Fsp3) is 0.500. The smallest absolute Gasteiger partial charge is 0.0361 e. The van der Waals surface area contributed by atoms with Gasteiger partial charge in [-0.05, 0) is 25.8 Å². The summed E-state index contributed by atoms with van der Waals surface area (Å²) in [6.45, 7) is 7.06. The van der Waals surface area contributed by atoms with E-state index in [-0.39, 0.29) is 0 Å². The summed E-state index contributed by atoms with van der Waals surface area (Å²) in [5, 5.41) is 0. The molecule has 62 valence electrons. The highest BCUT2D eigenvalue weighted by Gasteiger charge is 1.83. The molecule has 0 radical (unpaired) electrons. The maximum Gasteiger partial charge on any atom is 0.0361 e. The SMILES string of the molecule is C\C=C/C=C(/C=N\CC)CC. The van der Waals surface area contributed by atoms with E-state index in [1.807, 2.05) is 32.2 Å². The Morgan fingerprint density at radius 2 is 2.09 bits per heavy atom. The first-order chi connectivity index (χ1) is 5.35. The Balaban J connectivity index is 4.04. The third-order valence-electron chi connectivity index (χ3n) is 1.35. The van der Waals surface area contributed by atoms with E-state index >= 15 is 0 Å². The molecule has 0 bridgehead atoms. The first-order valence-corrected chi connectivity index (χ1v) is 4.16. The van der Waals surface area contributed by atoms with Gasteiger partial charge in [0.1, 0.15) is 0 Å². The number of nitrogens with zero attached hydrogens (tertiary/aromatic N) is 1. The molecule has 0 aliphatic heterocycles. The summed E-state index contributed by atoms with van der Waals surface area (Å²) in [6.07, 6.45) is 9.16. The van der Waals surface area contributed by atoms with Crippen LogP contribution in [0.15, 0.2) is 28.8 Å². The van der Waals surface area contributed by atoms with Gasteiger partial charge in [-0.25, -0.2) is 0 Å². The fourth-order valence-electron chi connectivity index (χ4n) is 0.681. The van der Waals surface area contributed by atoms with E-state index in [9.17, 15) is 0 Å². The van der Waals surface area contributed by atoms with Gasteiger partial charge in [0, 0.05) is 12.8 Å².